The van der Waals surface area contributed by atoms with Gasteiger partial charge in [0.2, 0.25) is 15.6 Å². The number of aliphatic hydroxyl groups excluding tert-OH is 1. The Kier molecular flexibility index (Phi) is 4.66. The second-order valence-electron chi connectivity index (χ2n) is 4.14. The van der Waals surface area contributed by atoms with Crippen LogP contribution in [-0.2, 0) is 10.0 Å². The number of hydrogen-bond acceptors (Lipinski definition) is 4. The van der Waals surface area contributed by atoms with E-state index in [0.717, 1.165) is 12.3 Å². The lowest BCUT2D eigenvalue weighted by molar-refractivity contribution is 0.172. The molecule has 6 nitrogen and oxygen atoms in total. The number of nitrogens with one attached hydrogen (secondary N) is 2. The van der Waals surface area contributed by atoms with E-state index in [0.29, 0.717) is 12.8 Å². The lowest BCUT2D eigenvalue weighted by Gasteiger charge is -2.30. The van der Waals surface area contributed by atoms with Gasteiger partial charge in [-0.2, -0.15) is 0 Å². The topological polar surface area (TPSA) is 99.3 Å². The highest BCUT2D eigenvalue weighted by Crippen LogP contribution is 2.18. The Morgan fingerprint density at radius 2 is 1.94 bits per heavy atom. The summed E-state index contributed by atoms with van der Waals surface area (Å²) in [5.41, 5.74) is -1.23. The second-order valence-corrected chi connectivity index (χ2v) is 5.82. The van der Waals surface area contributed by atoms with Crippen LogP contribution in [-0.4, -0.2) is 30.7 Å². The van der Waals surface area contributed by atoms with E-state index in [1.165, 1.54) is 6.07 Å². The molecule has 1 aromatic heterocycles. The highest BCUT2D eigenvalue weighted by Gasteiger charge is 2.31. The SMILES string of the molecule is CCC(CC)(CO)NS(=O)(=O)c1ccc(=O)[nH]c1. The summed E-state index contributed by atoms with van der Waals surface area (Å²) in [4.78, 5) is 13.2. The van der Waals surface area contributed by atoms with Crippen molar-refractivity contribution < 1.29 is 13.5 Å². The van der Waals surface area contributed by atoms with E-state index < -0.39 is 15.6 Å². The van der Waals surface area contributed by atoms with Gasteiger partial charge in [-0.15, -0.1) is 0 Å². The van der Waals surface area contributed by atoms with Gasteiger partial charge in [0.1, 0.15) is 0 Å². The molecule has 0 spiro atoms. The molecule has 0 radical (unpaired) electrons. The highest BCUT2D eigenvalue weighted by atomic mass is 32.2. The number of aromatic amines is 1. The van der Waals surface area contributed by atoms with Crippen LogP contribution in [0.3, 0.4) is 0 Å². The third-order valence-corrected chi connectivity index (χ3v) is 4.65. The molecule has 3 N–H and O–H groups in total. The molecule has 0 aromatic carbocycles. The molecule has 1 aromatic rings. The average molecular weight is 274 g/mol. The molecule has 0 bridgehead atoms. The van der Waals surface area contributed by atoms with Crippen LogP contribution >= 0.6 is 0 Å². The van der Waals surface area contributed by atoms with Crippen molar-refractivity contribution in [2.24, 2.45) is 0 Å². The molecule has 1 heterocycles. The van der Waals surface area contributed by atoms with Gasteiger partial charge in [0.25, 0.3) is 0 Å². The number of pyridine rings is 1. The zero-order chi connectivity index (χ0) is 13.8. The van der Waals surface area contributed by atoms with Crippen molar-refractivity contribution >= 4 is 10.0 Å². The molecule has 18 heavy (non-hydrogen) atoms. The van der Waals surface area contributed by atoms with Crippen molar-refractivity contribution in [3.8, 4) is 0 Å². The lowest BCUT2D eigenvalue weighted by Crippen LogP contribution is -2.50. The smallest absolute Gasteiger partial charge is 0.247 e. The molecule has 0 amide bonds. The van der Waals surface area contributed by atoms with Crippen LogP contribution in [0.5, 0.6) is 0 Å². The van der Waals surface area contributed by atoms with Crippen molar-refractivity contribution in [1.29, 1.82) is 0 Å². The number of sulfonamides is 1. The standard InChI is InChI=1S/C11H18N2O4S/c1-3-11(4-2,8-14)13-18(16,17)9-5-6-10(15)12-7-9/h5-7,13-14H,3-4,8H2,1-2H3,(H,12,15). The minimum absolute atomic E-state index is 0.0261. The Morgan fingerprint density at radius 1 is 1.33 bits per heavy atom. The molecule has 0 atom stereocenters. The predicted molar refractivity (Wildman–Crippen MR) is 67.8 cm³/mol. The van der Waals surface area contributed by atoms with E-state index in [2.05, 4.69) is 9.71 Å². The van der Waals surface area contributed by atoms with Crippen LogP contribution in [0.15, 0.2) is 28.0 Å². The molecule has 0 saturated heterocycles. The van der Waals surface area contributed by atoms with E-state index in [9.17, 15) is 18.3 Å². The third-order valence-electron chi connectivity index (χ3n) is 3.07. The van der Waals surface area contributed by atoms with Gasteiger partial charge in [-0.05, 0) is 18.9 Å². The quantitative estimate of drug-likeness (QED) is 0.690. The monoisotopic (exact) mass is 274 g/mol. The van der Waals surface area contributed by atoms with Gasteiger partial charge < -0.3 is 10.1 Å². The van der Waals surface area contributed by atoms with Crippen molar-refractivity contribution in [2.45, 2.75) is 37.1 Å². The third kappa shape index (κ3) is 3.18. The summed E-state index contributed by atoms with van der Waals surface area (Å²) in [6.07, 6.45) is 2.09. The largest absolute Gasteiger partial charge is 0.394 e. The van der Waals surface area contributed by atoms with Crippen LogP contribution in [0, 0.1) is 0 Å². The molecule has 0 aliphatic heterocycles. The predicted octanol–water partition coefficient (Wildman–Crippen LogP) is 0.204. The first kappa shape index (κ1) is 14.9. The van der Waals surface area contributed by atoms with Crippen LogP contribution < -0.4 is 10.3 Å². The molecule has 1 rings (SSSR count). The summed E-state index contributed by atoms with van der Waals surface area (Å²) in [5.74, 6) is 0. The molecular weight excluding hydrogens is 256 g/mol. The summed E-state index contributed by atoms with van der Waals surface area (Å²) in [5, 5.41) is 9.35. The summed E-state index contributed by atoms with van der Waals surface area (Å²) in [7, 11) is -3.75. The molecule has 0 unspecified atom stereocenters. The summed E-state index contributed by atoms with van der Waals surface area (Å²) < 4.78 is 26.7. The number of rotatable bonds is 6. The average Bonchev–Trinajstić information content (AvgIpc) is 2.37. The zero-order valence-electron chi connectivity index (χ0n) is 10.4. The van der Waals surface area contributed by atoms with E-state index in [4.69, 9.17) is 0 Å². The fourth-order valence-electron chi connectivity index (χ4n) is 1.56. The first-order chi connectivity index (χ1) is 8.39. The van der Waals surface area contributed by atoms with Gasteiger partial charge in [-0.25, -0.2) is 13.1 Å². The Balaban J connectivity index is 3.08. The fourth-order valence-corrected chi connectivity index (χ4v) is 3.06. The Bertz CT molecular complexity index is 518. The van der Waals surface area contributed by atoms with Crippen LogP contribution in [0.2, 0.25) is 0 Å². The molecule has 0 saturated carbocycles. The van der Waals surface area contributed by atoms with Gasteiger partial charge in [-0.3, -0.25) is 4.79 Å². The molecular formula is C11H18N2O4S. The molecule has 0 fully saturated rings. The molecule has 0 aliphatic carbocycles. The van der Waals surface area contributed by atoms with Gasteiger partial charge in [0.05, 0.1) is 17.0 Å². The first-order valence-corrected chi connectivity index (χ1v) is 7.21. The van der Waals surface area contributed by atoms with Gasteiger partial charge >= 0.3 is 0 Å². The van der Waals surface area contributed by atoms with Gasteiger partial charge in [0, 0.05) is 12.3 Å². The summed E-state index contributed by atoms with van der Waals surface area (Å²) >= 11 is 0. The van der Waals surface area contributed by atoms with E-state index >= 15 is 0 Å². The van der Waals surface area contributed by atoms with Crippen molar-refractivity contribution in [1.82, 2.24) is 9.71 Å². The maximum Gasteiger partial charge on any atom is 0.247 e. The second kappa shape index (κ2) is 5.64. The molecule has 7 heteroatoms. The van der Waals surface area contributed by atoms with Crippen molar-refractivity contribution in [3.05, 3.63) is 28.7 Å². The molecule has 0 aliphatic rings. The van der Waals surface area contributed by atoms with E-state index in [-0.39, 0.29) is 17.1 Å². The Morgan fingerprint density at radius 3 is 2.33 bits per heavy atom. The Labute approximate surface area is 106 Å². The summed E-state index contributed by atoms with van der Waals surface area (Å²) in [6, 6.07) is 2.38. The lowest BCUT2D eigenvalue weighted by atomic mass is 9.96. The first-order valence-electron chi connectivity index (χ1n) is 5.72. The molecule has 102 valence electrons. The zero-order valence-corrected chi connectivity index (χ0v) is 11.3. The number of hydrogen-bond donors (Lipinski definition) is 3. The highest BCUT2D eigenvalue weighted by molar-refractivity contribution is 7.89. The van der Waals surface area contributed by atoms with E-state index in [1.807, 2.05) is 0 Å². The van der Waals surface area contributed by atoms with Crippen LogP contribution in [0.1, 0.15) is 26.7 Å². The maximum atomic E-state index is 12.1. The van der Waals surface area contributed by atoms with Crippen molar-refractivity contribution in [2.75, 3.05) is 6.61 Å². The fraction of sp³-hybridized carbons (Fsp3) is 0.545. The van der Waals surface area contributed by atoms with Crippen molar-refractivity contribution in [3.63, 3.8) is 0 Å². The van der Waals surface area contributed by atoms with Gasteiger partial charge in [-0.1, -0.05) is 13.8 Å². The minimum atomic E-state index is -3.75. The number of H-pyrrole nitrogens is 1. The van der Waals surface area contributed by atoms with Crippen LogP contribution in [0.4, 0.5) is 0 Å². The number of aliphatic hydroxyl groups is 1. The number of aromatic nitrogens is 1. The summed E-state index contributed by atoms with van der Waals surface area (Å²) in [6.45, 7) is 3.33. The van der Waals surface area contributed by atoms with E-state index in [1.54, 1.807) is 13.8 Å². The van der Waals surface area contributed by atoms with Crippen LogP contribution in [0.25, 0.3) is 0 Å². The maximum absolute atomic E-state index is 12.1. The normalized spacial score (nSPS) is 12.6. The Hall–Kier alpha value is -1.18. The van der Waals surface area contributed by atoms with Gasteiger partial charge in [0.15, 0.2) is 0 Å². The minimum Gasteiger partial charge on any atom is -0.394 e.